The van der Waals surface area contributed by atoms with Crippen LogP contribution in [0.1, 0.15) is 46.5 Å². The number of carboxylic acids is 2. The maximum atomic E-state index is 10.5. The van der Waals surface area contributed by atoms with E-state index in [4.69, 9.17) is 15.0 Å². The van der Waals surface area contributed by atoms with Gasteiger partial charge in [0.1, 0.15) is 0 Å². The zero-order valence-electron chi connectivity index (χ0n) is 9.62. The molecule has 4 nitrogen and oxygen atoms in total. The molecule has 0 atom stereocenters. The van der Waals surface area contributed by atoms with Crippen LogP contribution in [-0.2, 0) is 9.59 Å². The van der Waals surface area contributed by atoms with Crippen molar-refractivity contribution in [2.75, 3.05) is 0 Å². The van der Waals surface area contributed by atoms with Crippen molar-refractivity contribution in [2.45, 2.75) is 46.5 Å². The van der Waals surface area contributed by atoms with E-state index in [0.717, 1.165) is 26.2 Å². The largest absolute Gasteiger partial charge is 0.481 e. The summed E-state index contributed by atoms with van der Waals surface area (Å²) >= 11 is 0. The first-order chi connectivity index (χ1) is 6.95. The molecule has 0 aliphatic carbocycles. The minimum absolute atomic E-state index is 0.540. The first-order valence-electron chi connectivity index (χ1n) is 5.03. The van der Waals surface area contributed by atoms with Crippen LogP contribution in [0.5, 0.6) is 0 Å². The highest BCUT2D eigenvalue weighted by molar-refractivity contribution is 5.86. The molecule has 0 unspecified atom stereocenters. The Hall–Kier alpha value is -1.32. The van der Waals surface area contributed by atoms with Gasteiger partial charge in [0, 0.05) is 12.5 Å². The molecular formula is C11H20O4. The van der Waals surface area contributed by atoms with Gasteiger partial charge >= 0.3 is 5.97 Å². The Bertz CT molecular complexity index is 215. The molecule has 2 N–H and O–H groups in total. The maximum absolute atomic E-state index is 10.5. The molecule has 0 fully saturated rings. The van der Waals surface area contributed by atoms with E-state index in [1.54, 1.807) is 13.0 Å². The Morgan fingerprint density at radius 3 is 1.93 bits per heavy atom. The molecule has 0 saturated carbocycles. The molecule has 0 amide bonds. The second-order valence-corrected chi connectivity index (χ2v) is 3.10. The van der Waals surface area contributed by atoms with E-state index >= 15 is 0 Å². The summed E-state index contributed by atoms with van der Waals surface area (Å²) in [6.07, 6.45) is 5.63. The zero-order valence-corrected chi connectivity index (χ0v) is 9.62. The van der Waals surface area contributed by atoms with Crippen molar-refractivity contribution in [3.05, 3.63) is 11.6 Å². The van der Waals surface area contributed by atoms with Crippen molar-refractivity contribution < 1.29 is 19.8 Å². The highest BCUT2D eigenvalue weighted by Crippen LogP contribution is 2.08. The van der Waals surface area contributed by atoms with Crippen LogP contribution >= 0.6 is 0 Å². The number of rotatable bonds is 5. The van der Waals surface area contributed by atoms with Crippen LogP contribution in [0.3, 0.4) is 0 Å². The van der Waals surface area contributed by atoms with Crippen LogP contribution in [-0.4, -0.2) is 22.2 Å². The van der Waals surface area contributed by atoms with E-state index in [1.165, 1.54) is 0 Å². The van der Waals surface area contributed by atoms with Gasteiger partial charge < -0.3 is 10.2 Å². The first-order valence-corrected chi connectivity index (χ1v) is 5.03. The van der Waals surface area contributed by atoms with Crippen LogP contribution in [0, 0.1) is 0 Å². The second-order valence-electron chi connectivity index (χ2n) is 3.10. The lowest BCUT2D eigenvalue weighted by atomic mass is 10.1. The van der Waals surface area contributed by atoms with Crippen LogP contribution in [0.15, 0.2) is 11.6 Å². The number of hydrogen-bond donors (Lipinski definition) is 2. The summed E-state index contributed by atoms with van der Waals surface area (Å²) in [6.45, 7) is 4.96. The van der Waals surface area contributed by atoms with Gasteiger partial charge in [0.15, 0.2) is 0 Å². The third-order valence-corrected chi connectivity index (χ3v) is 1.67. The standard InChI is InChI=1S/C9H16O2.C2H4O2/c1-3-5-6-7-8(4-2)9(10)11;1-2(3)4/h4H,3,5-7H2,1-2H3,(H,10,11);1H3,(H,3,4). The van der Waals surface area contributed by atoms with Gasteiger partial charge in [-0.25, -0.2) is 4.79 Å². The van der Waals surface area contributed by atoms with Gasteiger partial charge in [-0.15, -0.1) is 0 Å². The van der Waals surface area contributed by atoms with E-state index < -0.39 is 11.9 Å². The summed E-state index contributed by atoms with van der Waals surface area (Å²) in [7, 11) is 0. The molecule has 0 heterocycles. The Morgan fingerprint density at radius 2 is 1.67 bits per heavy atom. The fourth-order valence-corrected chi connectivity index (χ4v) is 0.940. The SMILES string of the molecule is CC(=O)O.CC=C(CCCCC)C(=O)O. The molecule has 88 valence electrons. The van der Waals surface area contributed by atoms with Gasteiger partial charge in [0.2, 0.25) is 0 Å². The third-order valence-electron chi connectivity index (χ3n) is 1.67. The predicted molar refractivity (Wildman–Crippen MR) is 58.8 cm³/mol. The molecule has 0 radical (unpaired) electrons. The summed E-state index contributed by atoms with van der Waals surface area (Å²) in [5.74, 6) is -1.61. The third kappa shape index (κ3) is 15.4. The monoisotopic (exact) mass is 216 g/mol. The van der Waals surface area contributed by atoms with E-state index in [2.05, 4.69) is 6.92 Å². The van der Waals surface area contributed by atoms with Crippen LogP contribution < -0.4 is 0 Å². The van der Waals surface area contributed by atoms with Crippen LogP contribution in [0.25, 0.3) is 0 Å². The smallest absolute Gasteiger partial charge is 0.331 e. The fraction of sp³-hybridized carbons (Fsp3) is 0.636. The van der Waals surface area contributed by atoms with Crippen molar-refractivity contribution >= 4 is 11.9 Å². The van der Waals surface area contributed by atoms with Gasteiger partial charge in [-0.3, -0.25) is 4.79 Å². The number of carboxylic acid groups (broad SMARTS) is 2. The van der Waals surface area contributed by atoms with E-state index in [0.29, 0.717) is 12.0 Å². The van der Waals surface area contributed by atoms with Crippen molar-refractivity contribution in [2.24, 2.45) is 0 Å². The number of carbonyl (C=O) groups is 2. The Balaban J connectivity index is 0. The molecule has 0 aromatic heterocycles. The lowest BCUT2D eigenvalue weighted by Gasteiger charge is -1.99. The predicted octanol–water partition coefficient (Wildman–Crippen LogP) is 2.69. The summed E-state index contributed by atoms with van der Waals surface area (Å²) in [4.78, 5) is 19.5. The Kier molecular flexibility index (Phi) is 11.6. The van der Waals surface area contributed by atoms with Gasteiger partial charge in [-0.2, -0.15) is 0 Å². The lowest BCUT2D eigenvalue weighted by Crippen LogP contribution is -1.99. The quantitative estimate of drug-likeness (QED) is 0.547. The van der Waals surface area contributed by atoms with Gasteiger partial charge in [-0.1, -0.05) is 25.8 Å². The number of aliphatic carboxylic acids is 2. The minimum atomic E-state index is -0.833. The topological polar surface area (TPSA) is 74.6 Å². The van der Waals surface area contributed by atoms with Gasteiger partial charge in [0.25, 0.3) is 5.97 Å². The maximum Gasteiger partial charge on any atom is 0.331 e. The van der Waals surface area contributed by atoms with Crippen LogP contribution in [0.2, 0.25) is 0 Å². The average Bonchev–Trinajstić information content (AvgIpc) is 2.11. The number of hydrogen-bond acceptors (Lipinski definition) is 2. The highest BCUT2D eigenvalue weighted by Gasteiger charge is 2.03. The molecule has 4 heteroatoms. The Labute approximate surface area is 90.6 Å². The van der Waals surface area contributed by atoms with Crippen LogP contribution in [0.4, 0.5) is 0 Å². The molecular weight excluding hydrogens is 196 g/mol. The van der Waals surface area contributed by atoms with Crippen molar-refractivity contribution in [3.8, 4) is 0 Å². The van der Waals surface area contributed by atoms with Crippen molar-refractivity contribution in [1.82, 2.24) is 0 Å². The van der Waals surface area contributed by atoms with Crippen molar-refractivity contribution in [3.63, 3.8) is 0 Å². The molecule has 0 rings (SSSR count). The summed E-state index contributed by atoms with van der Waals surface area (Å²) in [6, 6.07) is 0. The molecule has 0 aliphatic rings. The highest BCUT2D eigenvalue weighted by atomic mass is 16.4. The number of unbranched alkanes of at least 4 members (excludes halogenated alkanes) is 2. The zero-order chi connectivity index (χ0) is 12.3. The summed E-state index contributed by atoms with van der Waals surface area (Å²) in [5.41, 5.74) is 0.540. The second kappa shape index (κ2) is 10.8. The molecule has 0 aliphatic heterocycles. The fourth-order valence-electron chi connectivity index (χ4n) is 0.940. The molecule has 0 aromatic carbocycles. The van der Waals surface area contributed by atoms with Gasteiger partial charge in [-0.05, 0) is 19.8 Å². The lowest BCUT2D eigenvalue weighted by molar-refractivity contribution is -0.134. The molecule has 0 saturated heterocycles. The number of allylic oxidation sites excluding steroid dienone is 1. The first kappa shape index (κ1) is 16.1. The Morgan fingerprint density at radius 1 is 1.20 bits per heavy atom. The molecule has 15 heavy (non-hydrogen) atoms. The van der Waals surface area contributed by atoms with E-state index in [9.17, 15) is 4.79 Å². The molecule has 0 bridgehead atoms. The van der Waals surface area contributed by atoms with E-state index in [-0.39, 0.29) is 0 Å². The molecule has 0 aromatic rings. The summed E-state index contributed by atoms with van der Waals surface area (Å²) in [5, 5.41) is 16.0. The van der Waals surface area contributed by atoms with E-state index in [1.807, 2.05) is 0 Å². The normalized spacial score (nSPS) is 10.2. The van der Waals surface area contributed by atoms with Crippen molar-refractivity contribution in [1.29, 1.82) is 0 Å². The van der Waals surface area contributed by atoms with Gasteiger partial charge in [0.05, 0.1) is 0 Å². The summed E-state index contributed by atoms with van der Waals surface area (Å²) < 4.78 is 0. The average molecular weight is 216 g/mol. The minimum Gasteiger partial charge on any atom is -0.481 e. The molecule has 0 spiro atoms.